The molecule has 1 aromatic rings. The van der Waals surface area contributed by atoms with Gasteiger partial charge in [0.15, 0.2) is 0 Å². The van der Waals surface area contributed by atoms with E-state index < -0.39 is 0 Å². The minimum Gasteiger partial charge on any atom is -0.351 e. The normalized spacial score (nSPS) is 9.00. The molecule has 0 aliphatic rings. The number of hydrogen-bond acceptors (Lipinski definition) is 2. The Bertz CT molecular complexity index is 289. The van der Waals surface area contributed by atoms with Crippen LogP contribution in [0.3, 0.4) is 0 Å². The lowest BCUT2D eigenvalue weighted by atomic mass is 10.2. The fourth-order valence-electron chi connectivity index (χ4n) is 0.889. The van der Waals surface area contributed by atoms with Gasteiger partial charge in [-0.25, -0.2) is 0 Å². The Labute approximate surface area is 97.6 Å². The summed E-state index contributed by atoms with van der Waals surface area (Å²) in [6.07, 6.45) is 0. The van der Waals surface area contributed by atoms with Gasteiger partial charge in [0.25, 0.3) is 5.91 Å². The molecule has 0 fully saturated rings. The summed E-state index contributed by atoms with van der Waals surface area (Å²) in [6, 6.07) is 7.18. The molecule has 0 saturated heterocycles. The summed E-state index contributed by atoms with van der Waals surface area (Å²) in [4.78, 5) is 11.3. The molecule has 1 aromatic carbocycles. The van der Waals surface area contributed by atoms with Crippen LogP contribution in [0.15, 0.2) is 28.7 Å². The molecule has 78 valence electrons. The molecule has 1 rings (SSSR count). The second-order valence-corrected chi connectivity index (χ2v) is 3.47. The predicted octanol–water partition coefficient (Wildman–Crippen LogP) is 1.56. The molecule has 0 spiro atoms. The van der Waals surface area contributed by atoms with E-state index in [1.54, 1.807) is 12.1 Å². The number of nitrogens with one attached hydrogen (secondary N) is 1. The first-order chi connectivity index (χ1) is 6.24. The molecule has 0 saturated carbocycles. The fourth-order valence-corrected chi connectivity index (χ4v) is 1.15. The van der Waals surface area contributed by atoms with E-state index >= 15 is 0 Å². The lowest BCUT2D eigenvalue weighted by molar-refractivity contribution is 0.0955. The average molecular weight is 280 g/mol. The molecule has 0 atom stereocenters. The predicted molar refractivity (Wildman–Crippen MR) is 62.8 cm³/mol. The van der Waals surface area contributed by atoms with Crippen LogP contribution in [-0.2, 0) is 0 Å². The average Bonchev–Trinajstić information content (AvgIpc) is 2.15. The van der Waals surface area contributed by atoms with Crippen LogP contribution in [0.4, 0.5) is 0 Å². The van der Waals surface area contributed by atoms with E-state index in [4.69, 9.17) is 5.73 Å². The van der Waals surface area contributed by atoms with E-state index in [1.807, 2.05) is 12.1 Å². The van der Waals surface area contributed by atoms with Gasteiger partial charge in [0.1, 0.15) is 0 Å². The van der Waals surface area contributed by atoms with Crippen LogP contribution in [0.5, 0.6) is 0 Å². The summed E-state index contributed by atoms with van der Waals surface area (Å²) in [5.41, 5.74) is 5.91. The Morgan fingerprint density at radius 3 is 2.43 bits per heavy atom. The molecule has 1 amide bonds. The van der Waals surface area contributed by atoms with Crippen molar-refractivity contribution in [3.8, 4) is 0 Å². The number of nitrogens with two attached hydrogens (primary N) is 1. The Hall–Kier alpha value is -0.580. The Morgan fingerprint density at radius 2 is 1.93 bits per heavy atom. The highest BCUT2D eigenvalue weighted by Gasteiger charge is 2.02. The van der Waals surface area contributed by atoms with Crippen molar-refractivity contribution in [3.63, 3.8) is 0 Å². The number of amides is 1. The van der Waals surface area contributed by atoms with Crippen molar-refractivity contribution in [3.05, 3.63) is 34.3 Å². The number of hydrogen-bond donors (Lipinski definition) is 2. The minimum absolute atomic E-state index is 0. The van der Waals surface area contributed by atoms with Gasteiger partial charge in [-0.05, 0) is 24.3 Å². The number of halogens is 2. The summed E-state index contributed by atoms with van der Waals surface area (Å²) < 4.78 is 0.961. The van der Waals surface area contributed by atoms with E-state index in [9.17, 15) is 4.79 Å². The first-order valence-electron chi connectivity index (χ1n) is 3.98. The molecule has 0 aliphatic carbocycles. The minimum atomic E-state index is -0.0852. The van der Waals surface area contributed by atoms with Gasteiger partial charge in [-0.1, -0.05) is 15.9 Å². The number of carbonyl (C=O) groups excluding carboxylic acids is 1. The molecular weight excluding hydrogens is 267 g/mol. The maximum Gasteiger partial charge on any atom is 0.251 e. The fraction of sp³-hybridized carbons (Fsp3) is 0.222. The molecule has 0 bridgehead atoms. The number of carbonyl (C=O) groups is 1. The van der Waals surface area contributed by atoms with Crippen molar-refractivity contribution in [2.45, 2.75) is 0 Å². The molecular formula is C9H12BrClN2O. The lowest BCUT2D eigenvalue weighted by Gasteiger charge is -2.02. The molecule has 0 heterocycles. The molecule has 3 nitrogen and oxygen atoms in total. The SMILES string of the molecule is Cl.NCCNC(=O)c1ccc(Br)cc1. The summed E-state index contributed by atoms with van der Waals surface area (Å²) >= 11 is 3.30. The van der Waals surface area contributed by atoms with Gasteiger partial charge >= 0.3 is 0 Å². The van der Waals surface area contributed by atoms with Crippen molar-refractivity contribution >= 4 is 34.2 Å². The summed E-state index contributed by atoms with van der Waals surface area (Å²) in [5.74, 6) is -0.0852. The van der Waals surface area contributed by atoms with Gasteiger partial charge in [-0.15, -0.1) is 12.4 Å². The van der Waals surface area contributed by atoms with Crippen molar-refractivity contribution in [1.82, 2.24) is 5.32 Å². The highest BCUT2D eigenvalue weighted by atomic mass is 79.9. The van der Waals surface area contributed by atoms with Crippen molar-refractivity contribution in [2.75, 3.05) is 13.1 Å². The lowest BCUT2D eigenvalue weighted by Crippen LogP contribution is -2.28. The van der Waals surface area contributed by atoms with Gasteiger partial charge < -0.3 is 11.1 Å². The molecule has 3 N–H and O–H groups in total. The van der Waals surface area contributed by atoms with Gasteiger partial charge in [-0.3, -0.25) is 4.79 Å². The second-order valence-electron chi connectivity index (χ2n) is 2.55. The highest BCUT2D eigenvalue weighted by Crippen LogP contribution is 2.10. The number of rotatable bonds is 3. The van der Waals surface area contributed by atoms with E-state index in [2.05, 4.69) is 21.2 Å². The van der Waals surface area contributed by atoms with Crippen molar-refractivity contribution in [2.24, 2.45) is 5.73 Å². The largest absolute Gasteiger partial charge is 0.351 e. The molecule has 0 radical (unpaired) electrons. The maximum atomic E-state index is 11.3. The highest BCUT2D eigenvalue weighted by molar-refractivity contribution is 9.10. The van der Waals surface area contributed by atoms with Crippen molar-refractivity contribution in [1.29, 1.82) is 0 Å². The van der Waals surface area contributed by atoms with Crippen LogP contribution < -0.4 is 11.1 Å². The smallest absolute Gasteiger partial charge is 0.251 e. The van der Waals surface area contributed by atoms with Crippen LogP contribution in [0.25, 0.3) is 0 Å². The van der Waals surface area contributed by atoms with Gasteiger partial charge in [0, 0.05) is 23.1 Å². The van der Waals surface area contributed by atoms with Gasteiger partial charge in [0.05, 0.1) is 0 Å². The Balaban J connectivity index is 0.00000169. The van der Waals surface area contributed by atoms with Gasteiger partial charge in [0.2, 0.25) is 0 Å². The van der Waals surface area contributed by atoms with E-state index in [-0.39, 0.29) is 18.3 Å². The van der Waals surface area contributed by atoms with Crippen molar-refractivity contribution < 1.29 is 4.79 Å². The molecule has 0 aromatic heterocycles. The Morgan fingerprint density at radius 1 is 1.36 bits per heavy atom. The topological polar surface area (TPSA) is 55.1 Å². The third-order valence-electron chi connectivity index (χ3n) is 1.54. The first kappa shape index (κ1) is 13.4. The number of benzene rings is 1. The van der Waals surface area contributed by atoms with E-state index in [0.29, 0.717) is 18.7 Å². The van der Waals surface area contributed by atoms with Crippen LogP contribution in [0, 0.1) is 0 Å². The zero-order chi connectivity index (χ0) is 9.68. The third kappa shape index (κ3) is 4.09. The van der Waals surface area contributed by atoms with Crippen LogP contribution >= 0.6 is 28.3 Å². The summed E-state index contributed by atoms with van der Waals surface area (Å²) in [6.45, 7) is 0.969. The molecule has 0 aliphatic heterocycles. The molecule has 14 heavy (non-hydrogen) atoms. The Kier molecular flexibility index (Phi) is 6.53. The van der Waals surface area contributed by atoms with Crippen LogP contribution in [0.1, 0.15) is 10.4 Å². The van der Waals surface area contributed by atoms with Crippen LogP contribution in [-0.4, -0.2) is 19.0 Å². The quantitative estimate of drug-likeness (QED) is 0.882. The second kappa shape index (κ2) is 6.81. The summed E-state index contributed by atoms with van der Waals surface area (Å²) in [5, 5.41) is 2.69. The molecule has 0 unspecified atom stereocenters. The van der Waals surface area contributed by atoms with E-state index in [1.165, 1.54) is 0 Å². The summed E-state index contributed by atoms with van der Waals surface area (Å²) in [7, 11) is 0. The zero-order valence-corrected chi connectivity index (χ0v) is 9.90. The third-order valence-corrected chi connectivity index (χ3v) is 2.06. The monoisotopic (exact) mass is 278 g/mol. The standard InChI is InChI=1S/C9H11BrN2O.ClH/c10-8-3-1-7(2-4-8)9(13)12-6-5-11;/h1-4H,5-6,11H2,(H,12,13);1H. The maximum absolute atomic E-state index is 11.3. The van der Waals surface area contributed by atoms with E-state index in [0.717, 1.165) is 4.47 Å². The zero-order valence-electron chi connectivity index (χ0n) is 7.50. The van der Waals surface area contributed by atoms with Crippen LogP contribution in [0.2, 0.25) is 0 Å². The van der Waals surface area contributed by atoms with Gasteiger partial charge in [-0.2, -0.15) is 0 Å². The molecule has 5 heteroatoms. The first-order valence-corrected chi connectivity index (χ1v) is 4.77.